The lowest BCUT2D eigenvalue weighted by atomic mass is 9.99. The summed E-state index contributed by atoms with van der Waals surface area (Å²) in [5.74, 6) is -0.333. The maximum absolute atomic E-state index is 11.7. The maximum atomic E-state index is 11.7. The van der Waals surface area contributed by atoms with Gasteiger partial charge in [-0.3, -0.25) is 9.59 Å². The second kappa shape index (κ2) is 5.96. The molecule has 0 saturated carbocycles. The lowest BCUT2D eigenvalue weighted by Gasteiger charge is -2.09. The van der Waals surface area contributed by atoms with Crippen molar-refractivity contribution in [2.75, 3.05) is 7.11 Å². The maximum Gasteiger partial charge on any atom is 0.220 e. The van der Waals surface area contributed by atoms with E-state index in [1.54, 1.807) is 0 Å². The number of carbonyl (C=O) groups excluding carboxylic acids is 2. The minimum absolute atomic E-state index is 0.0980. The molecule has 0 amide bonds. The number of benzene rings is 1. The van der Waals surface area contributed by atoms with Crippen molar-refractivity contribution in [1.29, 1.82) is 0 Å². The number of ketones is 2. The van der Waals surface area contributed by atoms with Gasteiger partial charge in [-0.1, -0.05) is 42.5 Å². The largest absolute Gasteiger partial charge is 0.493 e. The molecule has 0 N–H and O–H groups in total. The Morgan fingerprint density at radius 3 is 2.47 bits per heavy atom. The summed E-state index contributed by atoms with van der Waals surface area (Å²) in [4.78, 5) is 23.3. The predicted molar refractivity (Wildman–Crippen MR) is 73.3 cm³/mol. The summed E-state index contributed by atoms with van der Waals surface area (Å²) >= 11 is 0. The third-order valence-electron chi connectivity index (χ3n) is 2.79. The van der Waals surface area contributed by atoms with E-state index in [1.165, 1.54) is 19.3 Å². The Morgan fingerprint density at radius 1 is 1.05 bits per heavy atom. The number of hydrogen-bond acceptors (Lipinski definition) is 3. The number of rotatable bonds is 4. The third-order valence-corrected chi connectivity index (χ3v) is 2.79. The summed E-state index contributed by atoms with van der Waals surface area (Å²) < 4.78 is 4.82. The monoisotopic (exact) mass is 254 g/mol. The summed E-state index contributed by atoms with van der Waals surface area (Å²) in [6.45, 7) is 0. The van der Waals surface area contributed by atoms with Crippen LogP contribution < -0.4 is 0 Å². The van der Waals surface area contributed by atoms with Crippen molar-refractivity contribution in [3.05, 3.63) is 65.5 Å². The molecule has 2 rings (SSSR count). The molecule has 3 nitrogen and oxygen atoms in total. The first-order valence-corrected chi connectivity index (χ1v) is 5.97. The highest BCUT2D eigenvalue weighted by atomic mass is 16.5. The van der Waals surface area contributed by atoms with Crippen LogP contribution in [0.2, 0.25) is 0 Å². The highest BCUT2D eigenvalue weighted by Crippen LogP contribution is 2.16. The highest BCUT2D eigenvalue weighted by Gasteiger charge is 2.19. The molecule has 0 aliphatic heterocycles. The van der Waals surface area contributed by atoms with Crippen LogP contribution in [0.3, 0.4) is 0 Å². The van der Waals surface area contributed by atoms with Crippen LogP contribution in [0.25, 0.3) is 6.08 Å². The Kier molecular flexibility index (Phi) is 4.08. The molecule has 0 aromatic heterocycles. The van der Waals surface area contributed by atoms with Gasteiger partial charge in [0, 0.05) is 11.6 Å². The van der Waals surface area contributed by atoms with Crippen LogP contribution in [0, 0.1) is 0 Å². The average Bonchev–Trinajstić information content (AvgIpc) is 2.43. The Morgan fingerprint density at radius 2 is 1.79 bits per heavy atom. The Balaban J connectivity index is 2.03. The van der Waals surface area contributed by atoms with Gasteiger partial charge in [0.25, 0.3) is 0 Å². The summed E-state index contributed by atoms with van der Waals surface area (Å²) in [6.07, 6.45) is 6.82. The molecule has 1 aliphatic rings. The van der Waals surface area contributed by atoms with Gasteiger partial charge in [-0.15, -0.1) is 0 Å². The summed E-state index contributed by atoms with van der Waals surface area (Å²) in [6, 6.07) is 9.78. The molecule has 1 aliphatic carbocycles. The van der Waals surface area contributed by atoms with Gasteiger partial charge in [0.05, 0.1) is 7.11 Å². The average molecular weight is 254 g/mol. The van der Waals surface area contributed by atoms with Crippen LogP contribution >= 0.6 is 0 Å². The van der Waals surface area contributed by atoms with E-state index in [-0.39, 0.29) is 17.3 Å². The minimum atomic E-state index is -0.259. The van der Waals surface area contributed by atoms with Gasteiger partial charge in [-0.25, -0.2) is 0 Å². The second-order valence-electron chi connectivity index (χ2n) is 4.13. The molecule has 0 unspecified atom stereocenters. The standard InChI is InChI=1S/C16H14O3/c1-19-16-11-14(17)13(10-15(16)18)9-5-8-12-6-3-2-4-7-12/h2-8,10-11H,9H2,1H3/b8-5+. The van der Waals surface area contributed by atoms with Crippen LogP contribution in [0.4, 0.5) is 0 Å². The van der Waals surface area contributed by atoms with Crippen molar-refractivity contribution >= 4 is 17.6 Å². The van der Waals surface area contributed by atoms with Crippen LogP contribution in [0.5, 0.6) is 0 Å². The van der Waals surface area contributed by atoms with Gasteiger partial charge in [-0.05, 0) is 18.1 Å². The number of allylic oxidation sites excluding steroid dienone is 4. The minimum Gasteiger partial charge on any atom is -0.493 e. The van der Waals surface area contributed by atoms with Crippen molar-refractivity contribution < 1.29 is 14.3 Å². The van der Waals surface area contributed by atoms with Crippen molar-refractivity contribution in [2.45, 2.75) is 6.42 Å². The molecule has 1 aromatic rings. The number of hydrogen-bond donors (Lipinski definition) is 0. The summed E-state index contributed by atoms with van der Waals surface area (Å²) in [7, 11) is 1.38. The molecule has 3 heteroatoms. The molecule has 96 valence electrons. The second-order valence-corrected chi connectivity index (χ2v) is 4.13. The Hall–Kier alpha value is -2.42. The number of ether oxygens (including phenoxy) is 1. The fourth-order valence-corrected chi connectivity index (χ4v) is 1.79. The van der Waals surface area contributed by atoms with Gasteiger partial charge >= 0.3 is 0 Å². The van der Waals surface area contributed by atoms with Crippen LogP contribution in [0.1, 0.15) is 12.0 Å². The number of carbonyl (C=O) groups is 2. The molecule has 0 saturated heterocycles. The van der Waals surface area contributed by atoms with Gasteiger partial charge in [0.1, 0.15) is 0 Å². The normalized spacial score (nSPS) is 15.4. The molecule has 0 spiro atoms. The SMILES string of the molecule is COC1=CC(=O)C(C/C=C/c2ccccc2)=CC1=O. The predicted octanol–water partition coefficient (Wildman–Crippen LogP) is 2.70. The first kappa shape index (κ1) is 13.0. The third kappa shape index (κ3) is 3.28. The van der Waals surface area contributed by atoms with E-state index in [0.717, 1.165) is 5.56 Å². The molecule has 0 atom stereocenters. The van der Waals surface area contributed by atoms with Crippen LogP contribution in [0.15, 0.2) is 59.9 Å². The van der Waals surface area contributed by atoms with E-state index in [4.69, 9.17) is 4.74 Å². The molecule has 19 heavy (non-hydrogen) atoms. The topological polar surface area (TPSA) is 43.4 Å². The fourth-order valence-electron chi connectivity index (χ4n) is 1.79. The smallest absolute Gasteiger partial charge is 0.220 e. The first-order chi connectivity index (χ1) is 9.20. The lowest BCUT2D eigenvalue weighted by molar-refractivity contribution is -0.117. The Bertz CT molecular complexity index is 577. The molecular formula is C16H14O3. The quantitative estimate of drug-likeness (QED) is 0.776. The molecule has 0 heterocycles. The molecular weight excluding hydrogens is 240 g/mol. The van der Waals surface area contributed by atoms with Crippen molar-refractivity contribution in [3.8, 4) is 0 Å². The van der Waals surface area contributed by atoms with E-state index < -0.39 is 0 Å². The zero-order valence-electron chi connectivity index (χ0n) is 10.6. The van der Waals surface area contributed by atoms with E-state index in [0.29, 0.717) is 12.0 Å². The van der Waals surface area contributed by atoms with Gasteiger partial charge in [0.15, 0.2) is 11.5 Å². The van der Waals surface area contributed by atoms with E-state index in [1.807, 2.05) is 42.5 Å². The highest BCUT2D eigenvalue weighted by molar-refractivity contribution is 6.19. The van der Waals surface area contributed by atoms with Gasteiger partial charge in [-0.2, -0.15) is 0 Å². The van der Waals surface area contributed by atoms with Gasteiger partial charge < -0.3 is 4.74 Å². The first-order valence-electron chi connectivity index (χ1n) is 5.97. The zero-order valence-corrected chi connectivity index (χ0v) is 10.6. The van der Waals surface area contributed by atoms with E-state index in [9.17, 15) is 9.59 Å². The van der Waals surface area contributed by atoms with Crippen LogP contribution in [-0.2, 0) is 14.3 Å². The Labute approximate surface area is 111 Å². The summed E-state index contributed by atoms with van der Waals surface area (Å²) in [5.41, 5.74) is 1.55. The fraction of sp³-hybridized carbons (Fsp3) is 0.125. The van der Waals surface area contributed by atoms with Crippen molar-refractivity contribution in [1.82, 2.24) is 0 Å². The van der Waals surface area contributed by atoms with Gasteiger partial charge in [0.2, 0.25) is 5.78 Å². The van der Waals surface area contributed by atoms with Crippen molar-refractivity contribution in [2.24, 2.45) is 0 Å². The van der Waals surface area contributed by atoms with Crippen LogP contribution in [-0.4, -0.2) is 18.7 Å². The van der Waals surface area contributed by atoms with E-state index >= 15 is 0 Å². The molecule has 0 radical (unpaired) electrons. The summed E-state index contributed by atoms with van der Waals surface area (Å²) in [5, 5.41) is 0. The lowest BCUT2D eigenvalue weighted by Crippen LogP contribution is -2.13. The van der Waals surface area contributed by atoms with E-state index in [2.05, 4.69) is 0 Å². The molecule has 0 fully saturated rings. The molecule has 1 aromatic carbocycles. The zero-order chi connectivity index (χ0) is 13.7. The number of methoxy groups -OCH3 is 1. The van der Waals surface area contributed by atoms with Crippen molar-refractivity contribution in [3.63, 3.8) is 0 Å². The molecule has 0 bridgehead atoms.